The number of nitrogens with two attached hydrogens (primary N) is 1. The van der Waals surface area contributed by atoms with Crippen LogP contribution in [0.5, 0.6) is 0 Å². The number of nitrogens with zero attached hydrogens (tertiary/aromatic N) is 3. The van der Waals surface area contributed by atoms with Gasteiger partial charge in [-0.2, -0.15) is 5.10 Å². The largest absolute Gasteiger partial charge is 0.508 e. The van der Waals surface area contributed by atoms with E-state index in [1.807, 2.05) is 0 Å². The standard InChI is InChI=1S/C18H24N4O6/c1-18(13-6-5-11-16(19)20-9-21-22(11)13)15(24)14(23)12(28-18)8-27-17(25)26-7-10-3-2-4-10/h5-6,9-10,12,14-15,23-24H,2-4,7-8H2,1H3,(H2,19,20,21)/t12-,14-,15-,18+/m1/s1. The number of carbonyl (C=O) groups is 1. The van der Waals surface area contributed by atoms with Gasteiger partial charge >= 0.3 is 6.16 Å². The quantitative estimate of drug-likeness (QED) is 0.624. The second-order valence-corrected chi connectivity index (χ2v) is 7.53. The molecule has 1 aliphatic heterocycles. The van der Waals surface area contributed by atoms with E-state index in [1.165, 1.54) is 10.8 Å². The van der Waals surface area contributed by atoms with Crippen molar-refractivity contribution in [2.45, 2.75) is 50.1 Å². The topological polar surface area (TPSA) is 141 Å². The van der Waals surface area contributed by atoms with Gasteiger partial charge in [-0.1, -0.05) is 6.42 Å². The van der Waals surface area contributed by atoms with Crippen LogP contribution in [-0.4, -0.2) is 62.5 Å². The van der Waals surface area contributed by atoms with Gasteiger partial charge in [-0.3, -0.25) is 0 Å². The Morgan fingerprint density at radius 2 is 2.11 bits per heavy atom. The van der Waals surface area contributed by atoms with Crippen molar-refractivity contribution in [3.05, 3.63) is 24.2 Å². The number of aromatic nitrogens is 3. The van der Waals surface area contributed by atoms with E-state index < -0.39 is 30.1 Å². The Labute approximate surface area is 161 Å². The number of ether oxygens (including phenoxy) is 3. The van der Waals surface area contributed by atoms with Gasteiger partial charge in [0, 0.05) is 0 Å². The third-order valence-electron chi connectivity index (χ3n) is 5.68. The van der Waals surface area contributed by atoms with Crippen LogP contribution in [0.3, 0.4) is 0 Å². The van der Waals surface area contributed by atoms with Gasteiger partial charge in [0.25, 0.3) is 0 Å². The second-order valence-electron chi connectivity index (χ2n) is 7.53. The first-order chi connectivity index (χ1) is 13.4. The minimum Gasteiger partial charge on any atom is -0.434 e. The molecule has 10 heteroatoms. The Kier molecular flexibility index (Phi) is 4.86. The molecule has 4 rings (SSSR count). The maximum absolute atomic E-state index is 11.8. The average molecular weight is 392 g/mol. The van der Waals surface area contributed by atoms with Gasteiger partial charge in [0.05, 0.1) is 12.3 Å². The fourth-order valence-corrected chi connectivity index (χ4v) is 3.69. The summed E-state index contributed by atoms with van der Waals surface area (Å²) in [5.41, 5.74) is 5.63. The molecular formula is C18H24N4O6. The van der Waals surface area contributed by atoms with Crippen LogP contribution in [0.2, 0.25) is 0 Å². The van der Waals surface area contributed by atoms with E-state index in [-0.39, 0.29) is 12.4 Å². The third kappa shape index (κ3) is 3.17. The van der Waals surface area contributed by atoms with Crippen molar-refractivity contribution in [3.8, 4) is 0 Å². The average Bonchev–Trinajstić information content (AvgIpc) is 3.16. The smallest absolute Gasteiger partial charge is 0.434 e. The van der Waals surface area contributed by atoms with E-state index in [4.69, 9.17) is 19.9 Å². The Bertz CT molecular complexity index is 869. The molecule has 0 amide bonds. The fourth-order valence-electron chi connectivity index (χ4n) is 3.69. The number of rotatable bonds is 5. The van der Waals surface area contributed by atoms with Gasteiger partial charge in [-0.15, -0.1) is 0 Å². The Hall–Kier alpha value is -2.43. The number of carbonyl (C=O) groups excluding carboxylic acids is 1. The maximum Gasteiger partial charge on any atom is 0.508 e. The van der Waals surface area contributed by atoms with Crippen molar-refractivity contribution in [1.82, 2.24) is 14.6 Å². The van der Waals surface area contributed by atoms with Gasteiger partial charge in [0.15, 0.2) is 5.82 Å². The molecule has 4 N–H and O–H groups in total. The van der Waals surface area contributed by atoms with Crippen molar-refractivity contribution < 1.29 is 29.2 Å². The lowest BCUT2D eigenvalue weighted by molar-refractivity contribution is -0.0943. The summed E-state index contributed by atoms with van der Waals surface area (Å²) in [5, 5.41) is 25.2. The van der Waals surface area contributed by atoms with Crippen molar-refractivity contribution in [1.29, 1.82) is 0 Å². The molecule has 0 bridgehead atoms. The lowest BCUT2D eigenvalue weighted by Crippen LogP contribution is -2.39. The van der Waals surface area contributed by atoms with Gasteiger partial charge < -0.3 is 30.2 Å². The second kappa shape index (κ2) is 7.19. The number of aliphatic hydroxyl groups is 2. The van der Waals surface area contributed by atoms with Crippen molar-refractivity contribution in [2.24, 2.45) is 5.92 Å². The SMILES string of the molecule is C[C@@]1(c2ccc3c(N)ncnn23)O[C@H](COC(=O)OCC2CCC2)[C@@H](O)[C@H]1O. The first kappa shape index (κ1) is 18.9. The molecule has 0 spiro atoms. The first-order valence-corrected chi connectivity index (χ1v) is 9.32. The Morgan fingerprint density at radius 1 is 1.36 bits per heavy atom. The molecule has 0 radical (unpaired) electrons. The molecule has 2 aliphatic rings. The molecule has 1 saturated carbocycles. The van der Waals surface area contributed by atoms with Crippen LogP contribution in [0.25, 0.3) is 5.52 Å². The van der Waals surface area contributed by atoms with Gasteiger partial charge in [0.2, 0.25) is 0 Å². The molecule has 1 aliphatic carbocycles. The zero-order valence-corrected chi connectivity index (χ0v) is 15.5. The lowest BCUT2D eigenvalue weighted by Gasteiger charge is -2.27. The summed E-state index contributed by atoms with van der Waals surface area (Å²) in [5.74, 6) is 0.690. The van der Waals surface area contributed by atoms with Crippen LogP contribution >= 0.6 is 0 Å². The number of aliphatic hydroxyl groups excluding tert-OH is 2. The number of anilines is 1. The van der Waals surface area contributed by atoms with Gasteiger partial charge in [0.1, 0.15) is 42.4 Å². The van der Waals surface area contributed by atoms with E-state index in [0.29, 0.717) is 23.7 Å². The van der Waals surface area contributed by atoms with Crippen molar-refractivity contribution >= 4 is 17.5 Å². The molecule has 2 fully saturated rings. The zero-order valence-electron chi connectivity index (χ0n) is 15.5. The summed E-state index contributed by atoms with van der Waals surface area (Å²) in [6.07, 6.45) is 0.331. The molecule has 1 saturated heterocycles. The molecule has 2 aromatic rings. The molecule has 0 unspecified atom stereocenters. The van der Waals surface area contributed by atoms with Crippen LogP contribution < -0.4 is 5.73 Å². The van der Waals surface area contributed by atoms with E-state index in [0.717, 1.165) is 19.3 Å². The highest BCUT2D eigenvalue weighted by molar-refractivity contribution is 5.65. The van der Waals surface area contributed by atoms with Crippen molar-refractivity contribution in [3.63, 3.8) is 0 Å². The Morgan fingerprint density at radius 3 is 2.82 bits per heavy atom. The number of hydrogen-bond donors (Lipinski definition) is 3. The van der Waals surface area contributed by atoms with Crippen LogP contribution in [0.1, 0.15) is 31.9 Å². The molecular weight excluding hydrogens is 368 g/mol. The van der Waals surface area contributed by atoms with Crippen LogP contribution in [-0.2, 0) is 19.8 Å². The lowest BCUT2D eigenvalue weighted by atomic mass is 9.86. The third-order valence-corrected chi connectivity index (χ3v) is 5.68. The first-order valence-electron chi connectivity index (χ1n) is 9.32. The maximum atomic E-state index is 11.8. The Balaban J connectivity index is 1.44. The monoisotopic (exact) mass is 392 g/mol. The number of nitrogen functional groups attached to an aromatic ring is 1. The summed E-state index contributed by atoms with van der Waals surface area (Å²) < 4.78 is 17.6. The number of fused-ring (bicyclic) bond motifs is 1. The summed E-state index contributed by atoms with van der Waals surface area (Å²) in [6.45, 7) is 1.73. The summed E-state index contributed by atoms with van der Waals surface area (Å²) in [6, 6.07) is 3.41. The van der Waals surface area contributed by atoms with E-state index >= 15 is 0 Å². The highest BCUT2D eigenvalue weighted by atomic mass is 16.7. The molecule has 3 heterocycles. The highest BCUT2D eigenvalue weighted by Gasteiger charge is 2.54. The number of hydrogen-bond acceptors (Lipinski definition) is 9. The fraction of sp³-hybridized carbons (Fsp3) is 0.611. The summed E-state index contributed by atoms with van der Waals surface area (Å²) in [4.78, 5) is 15.7. The molecule has 2 aromatic heterocycles. The van der Waals surface area contributed by atoms with Crippen LogP contribution in [0.15, 0.2) is 18.5 Å². The summed E-state index contributed by atoms with van der Waals surface area (Å²) in [7, 11) is 0. The summed E-state index contributed by atoms with van der Waals surface area (Å²) >= 11 is 0. The van der Waals surface area contributed by atoms with E-state index in [1.54, 1.807) is 19.1 Å². The minimum atomic E-state index is -1.28. The minimum absolute atomic E-state index is 0.238. The van der Waals surface area contributed by atoms with E-state index in [2.05, 4.69) is 10.1 Å². The molecule has 10 nitrogen and oxygen atoms in total. The highest BCUT2D eigenvalue weighted by Crippen LogP contribution is 2.40. The normalized spacial score (nSPS) is 30.3. The predicted molar refractivity (Wildman–Crippen MR) is 96.3 cm³/mol. The van der Waals surface area contributed by atoms with Crippen LogP contribution in [0.4, 0.5) is 10.6 Å². The van der Waals surface area contributed by atoms with Crippen molar-refractivity contribution in [2.75, 3.05) is 18.9 Å². The molecule has 28 heavy (non-hydrogen) atoms. The molecule has 4 atom stereocenters. The molecule has 0 aromatic carbocycles. The van der Waals surface area contributed by atoms with E-state index in [9.17, 15) is 15.0 Å². The van der Waals surface area contributed by atoms with Gasteiger partial charge in [-0.25, -0.2) is 14.3 Å². The zero-order chi connectivity index (χ0) is 19.9. The molecule has 152 valence electrons. The predicted octanol–water partition coefficient (Wildman–Crippen LogP) is 0.601. The van der Waals surface area contributed by atoms with Gasteiger partial charge in [-0.05, 0) is 37.8 Å². The van der Waals surface area contributed by atoms with Crippen LogP contribution in [0, 0.1) is 5.92 Å².